The molecule has 0 unspecified atom stereocenters. The Labute approximate surface area is 149 Å². The number of methoxy groups -OCH3 is 1. The Hall–Kier alpha value is -3.43. The summed E-state index contributed by atoms with van der Waals surface area (Å²) < 4.78 is 7.08. The van der Waals surface area contributed by atoms with E-state index in [4.69, 9.17) is 10.5 Å². The van der Waals surface area contributed by atoms with Crippen molar-refractivity contribution in [1.82, 2.24) is 19.1 Å². The fourth-order valence-electron chi connectivity index (χ4n) is 2.27. The molecule has 0 saturated heterocycles. The number of hydrogen-bond donors (Lipinski definition) is 2. The summed E-state index contributed by atoms with van der Waals surface area (Å²) in [7, 11) is 1.45. The van der Waals surface area contributed by atoms with E-state index in [9.17, 15) is 14.4 Å². The summed E-state index contributed by atoms with van der Waals surface area (Å²) in [6, 6.07) is 0.210. The number of nitrogen functional groups attached to an aromatic ring is 1. The number of nitrogens with one attached hydrogen (secondary N) is 1. The quantitative estimate of drug-likeness (QED) is 0.697. The summed E-state index contributed by atoms with van der Waals surface area (Å²) in [6.45, 7) is 3.82. The predicted molar refractivity (Wildman–Crippen MR) is 97.0 cm³/mol. The lowest BCUT2D eigenvalue weighted by atomic mass is 10.3. The number of anilines is 2. The molecule has 10 nitrogen and oxygen atoms in total. The van der Waals surface area contributed by atoms with Crippen LogP contribution in [0.1, 0.15) is 19.4 Å². The first-order chi connectivity index (χ1) is 12.4. The topological polar surface area (TPSA) is 134 Å². The van der Waals surface area contributed by atoms with Gasteiger partial charge in [0.25, 0.3) is 5.56 Å². The van der Waals surface area contributed by atoms with Gasteiger partial charge < -0.3 is 15.8 Å². The molecule has 26 heavy (non-hydrogen) atoms. The Kier molecular flexibility index (Phi) is 5.89. The van der Waals surface area contributed by atoms with Gasteiger partial charge >= 0.3 is 11.7 Å². The number of amides is 1. The van der Waals surface area contributed by atoms with Gasteiger partial charge in [-0.1, -0.05) is 0 Å². The number of carbonyl (C=O) groups excluding carboxylic acids is 1. The van der Waals surface area contributed by atoms with E-state index in [2.05, 4.69) is 15.3 Å². The van der Waals surface area contributed by atoms with Crippen LogP contribution in [0.4, 0.5) is 11.5 Å². The molecular weight excluding hydrogens is 340 g/mol. The summed E-state index contributed by atoms with van der Waals surface area (Å²) >= 11 is 0. The van der Waals surface area contributed by atoms with Crippen LogP contribution < -0.4 is 27.0 Å². The first-order valence-electron chi connectivity index (χ1n) is 7.91. The Balaban J connectivity index is 2.29. The number of ether oxygens (including phenoxy) is 1. The normalized spacial score (nSPS) is 10.9. The van der Waals surface area contributed by atoms with Gasteiger partial charge in [-0.2, -0.15) is 0 Å². The molecule has 2 aromatic rings. The summed E-state index contributed by atoms with van der Waals surface area (Å²) in [6.07, 6.45) is 5.64. The van der Waals surface area contributed by atoms with Crippen molar-refractivity contribution in [3.05, 3.63) is 44.9 Å². The summed E-state index contributed by atoms with van der Waals surface area (Å²) in [5.41, 5.74) is 5.16. The summed E-state index contributed by atoms with van der Waals surface area (Å²) in [5.74, 6) is -0.657. The van der Waals surface area contributed by atoms with Gasteiger partial charge in [-0.15, -0.1) is 0 Å². The molecule has 0 fully saturated rings. The third-order valence-electron chi connectivity index (χ3n) is 3.61. The highest BCUT2D eigenvalue weighted by Crippen LogP contribution is 2.11. The molecule has 2 heterocycles. The fraction of sp³-hybridized carbons (Fsp3) is 0.312. The molecule has 0 aromatic carbocycles. The first kappa shape index (κ1) is 18.9. The van der Waals surface area contributed by atoms with E-state index < -0.39 is 17.2 Å². The maximum atomic E-state index is 12.4. The van der Waals surface area contributed by atoms with Crippen LogP contribution in [0.2, 0.25) is 0 Å². The SMILES string of the molecule is CCn1c(N)c(NC(=O)/C=C/c2cnc(OC)nc2)c(=O)n(CC)c1=O. The van der Waals surface area contributed by atoms with E-state index >= 15 is 0 Å². The van der Waals surface area contributed by atoms with Crippen molar-refractivity contribution in [2.24, 2.45) is 0 Å². The van der Waals surface area contributed by atoms with Gasteiger partial charge in [-0.25, -0.2) is 14.8 Å². The molecule has 2 aromatic heterocycles. The van der Waals surface area contributed by atoms with E-state index in [0.29, 0.717) is 5.56 Å². The summed E-state index contributed by atoms with van der Waals surface area (Å²) in [5, 5.41) is 2.44. The van der Waals surface area contributed by atoms with Crippen LogP contribution in [0.3, 0.4) is 0 Å². The van der Waals surface area contributed by atoms with Crippen LogP contribution in [-0.2, 0) is 17.9 Å². The fourth-order valence-corrected chi connectivity index (χ4v) is 2.27. The average molecular weight is 360 g/mol. The molecule has 0 saturated carbocycles. The van der Waals surface area contributed by atoms with Crippen molar-refractivity contribution in [3.8, 4) is 6.01 Å². The third-order valence-corrected chi connectivity index (χ3v) is 3.61. The maximum Gasteiger partial charge on any atom is 0.332 e. The van der Waals surface area contributed by atoms with Gasteiger partial charge in [0.05, 0.1) is 7.11 Å². The second-order valence-electron chi connectivity index (χ2n) is 5.16. The van der Waals surface area contributed by atoms with Crippen LogP contribution in [0.5, 0.6) is 6.01 Å². The number of carbonyl (C=O) groups is 1. The van der Waals surface area contributed by atoms with Crippen molar-refractivity contribution in [1.29, 1.82) is 0 Å². The van der Waals surface area contributed by atoms with Gasteiger partial charge in [-0.3, -0.25) is 18.7 Å². The molecule has 3 N–H and O–H groups in total. The second kappa shape index (κ2) is 8.10. The zero-order chi connectivity index (χ0) is 19.3. The van der Waals surface area contributed by atoms with E-state index in [0.717, 1.165) is 4.57 Å². The lowest BCUT2D eigenvalue weighted by Crippen LogP contribution is -2.42. The molecule has 0 aliphatic heterocycles. The smallest absolute Gasteiger partial charge is 0.332 e. The van der Waals surface area contributed by atoms with Gasteiger partial charge in [-0.05, 0) is 19.9 Å². The van der Waals surface area contributed by atoms with Crippen molar-refractivity contribution < 1.29 is 9.53 Å². The lowest BCUT2D eigenvalue weighted by molar-refractivity contribution is -0.111. The van der Waals surface area contributed by atoms with Gasteiger partial charge in [0.1, 0.15) is 11.5 Å². The van der Waals surface area contributed by atoms with Crippen molar-refractivity contribution in [2.45, 2.75) is 26.9 Å². The van der Waals surface area contributed by atoms with E-state index in [-0.39, 0.29) is 30.6 Å². The molecule has 0 aliphatic rings. The van der Waals surface area contributed by atoms with Crippen LogP contribution in [0.25, 0.3) is 6.08 Å². The van der Waals surface area contributed by atoms with E-state index in [1.54, 1.807) is 13.8 Å². The molecule has 138 valence electrons. The molecule has 0 atom stereocenters. The van der Waals surface area contributed by atoms with Crippen molar-refractivity contribution in [2.75, 3.05) is 18.2 Å². The Bertz CT molecular complexity index is 943. The minimum absolute atomic E-state index is 0.0817. The Morgan fingerprint density at radius 3 is 2.38 bits per heavy atom. The van der Waals surface area contributed by atoms with Crippen molar-refractivity contribution in [3.63, 3.8) is 0 Å². The maximum absolute atomic E-state index is 12.4. The highest BCUT2D eigenvalue weighted by molar-refractivity contribution is 6.03. The average Bonchev–Trinajstić information content (AvgIpc) is 2.64. The number of nitrogens with zero attached hydrogens (tertiary/aromatic N) is 4. The summed E-state index contributed by atoms with van der Waals surface area (Å²) in [4.78, 5) is 44.5. The largest absolute Gasteiger partial charge is 0.467 e. The molecule has 0 radical (unpaired) electrons. The highest BCUT2D eigenvalue weighted by atomic mass is 16.5. The van der Waals surface area contributed by atoms with Gasteiger partial charge in [0.15, 0.2) is 0 Å². The Morgan fingerprint density at radius 2 is 1.85 bits per heavy atom. The van der Waals surface area contributed by atoms with Crippen LogP contribution in [-0.4, -0.2) is 32.1 Å². The van der Waals surface area contributed by atoms with Gasteiger partial charge in [0.2, 0.25) is 5.91 Å². The third kappa shape index (κ3) is 3.79. The molecule has 1 amide bonds. The van der Waals surface area contributed by atoms with E-state index in [1.165, 1.54) is 36.2 Å². The van der Waals surface area contributed by atoms with Crippen molar-refractivity contribution >= 4 is 23.5 Å². The monoisotopic (exact) mass is 360 g/mol. The number of nitrogens with two attached hydrogens (primary N) is 1. The Morgan fingerprint density at radius 1 is 1.23 bits per heavy atom. The zero-order valence-electron chi connectivity index (χ0n) is 14.7. The minimum atomic E-state index is -0.644. The van der Waals surface area contributed by atoms with Crippen LogP contribution >= 0.6 is 0 Å². The van der Waals surface area contributed by atoms with Crippen LogP contribution in [0.15, 0.2) is 28.1 Å². The second-order valence-corrected chi connectivity index (χ2v) is 5.16. The highest BCUT2D eigenvalue weighted by Gasteiger charge is 2.16. The van der Waals surface area contributed by atoms with E-state index in [1.807, 2.05) is 0 Å². The predicted octanol–water partition coefficient (Wildman–Crippen LogP) is 0.0825. The number of aromatic nitrogens is 4. The molecule has 0 spiro atoms. The number of rotatable bonds is 6. The van der Waals surface area contributed by atoms with Gasteiger partial charge in [0, 0.05) is 37.1 Å². The molecule has 2 rings (SSSR count). The van der Waals surface area contributed by atoms with Crippen LogP contribution in [0, 0.1) is 0 Å². The first-order valence-corrected chi connectivity index (χ1v) is 7.91. The molecule has 0 bridgehead atoms. The molecule has 0 aliphatic carbocycles. The lowest BCUT2D eigenvalue weighted by Gasteiger charge is -2.14. The minimum Gasteiger partial charge on any atom is -0.467 e. The molecule has 10 heteroatoms. The zero-order valence-corrected chi connectivity index (χ0v) is 14.7. The molecular formula is C16H20N6O4. The standard InChI is InChI=1S/C16H20N6O4/c1-4-21-13(17)12(14(24)22(5-2)16(21)25)20-11(23)7-6-10-8-18-15(26-3)19-9-10/h6-9H,4-5,17H2,1-3H3,(H,20,23)/b7-6+. The number of hydrogen-bond acceptors (Lipinski definition) is 7.